The van der Waals surface area contributed by atoms with Gasteiger partial charge in [0, 0.05) is 7.05 Å². The second kappa shape index (κ2) is 28.9. The SMILES string of the molecule is CCCCCCCCOC(=O)OCCOP(=O)(/N=C(\N)N(C)CC(=O)OCCCC)OCCOC(=O)OCCCCCCCC. The van der Waals surface area contributed by atoms with Crippen molar-refractivity contribution in [3.63, 3.8) is 0 Å². The number of carbonyl (C=O) groups excluding carboxylic acids is 3. The van der Waals surface area contributed by atoms with Crippen LogP contribution in [0.15, 0.2) is 4.76 Å². The van der Waals surface area contributed by atoms with E-state index in [1.54, 1.807) is 0 Å². The van der Waals surface area contributed by atoms with Crippen LogP contribution in [0.25, 0.3) is 0 Å². The van der Waals surface area contributed by atoms with E-state index in [1.165, 1.54) is 24.8 Å². The first-order valence-corrected chi connectivity index (χ1v) is 17.9. The first-order valence-electron chi connectivity index (χ1n) is 16.4. The molecule has 0 saturated carbocycles. The number of ether oxygens (including phenoxy) is 5. The van der Waals surface area contributed by atoms with Gasteiger partial charge in [0.1, 0.15) is 19.8 Å². The minimum Gasteiger partial charge on any atom is -0.464 e. The number of hydrogen-bond acceptors (Lipinski definition) is 11. The summed E-state index contributed by atoms with van der Waals surface area (Å²) in [5.74, 6) is -0.856. The second-order valence-electron chi connectivity index (χ2n) is 10.5. The zero-order valence-electron chi connectivity index (χ0n) is 28.0. The Labute approximate surface area is 269 Å². The predicted octanol–water partition coefficient (Wildman–Crippen LogP) is 6.74. The van der Waals surface area contributed by atoms with E-state index in [4.69, 9.17) is 38.5 Å². The third kappa shape index (κ3) is 26.4. The molecule has 0 saturated heterocycles. The Morgan fingerprint density at radius 2 is 0.978 bits per heavy atom. The van der Waals surface area contributed by atoms with Crippen molar-refractivity contribution >= 4 is 32.0 Å². The standard InChI is InChI=1S/C30H58N3O11P/c1-5-8-11-13-15-17-20-39-29(35)41-22-24-43-45(37,32-28(31)33(4)26-27(34)38-19-10-7-3)44-25-23-42-30(36)40-21-18-16-14-12-9-6-2/h5-26H2,1-4H3,(H2,31,32,37). The summed E-state index contributed by atoms with van der Waals surface area (Å²) in [6.07, 6.45) is 12.4. The Bertz CT molecular complexity index is 819. The van der Waals surface area contributed by atoms with Crippen molar-refractivity contribution in [2.24, 2.45) is 10.5 Å². The van der Waals surface area contributed by atoms with Gasteiger partial charge in [-0.15, -0.1) is 4.76 Å². The molecule has 0 unspecified atom stereocenters. The van der Waals surface area contributed by atoms with E-state index in [0.29, 0.717) is 0 Å². The Morgan fingerprint density at radius 1 is 0.578 bits per heavy atom. The summed E-state index contributed by atoms with van der Waals surface area (Å²) in [6.45, 7) is 5.46. The van der Waals surface area contributed by atoms with Gasteiger partial charge in [0.15, 0.2) is 0 Å². The lowest BCUT2D eigenvalue weighted by Gasteiger charge is -2.20. The van der Waals surface area contributed by atoms with Gasteiger partial charge in [0.05, 0.1) is 33.0 Å². The lowest BCUT2D eigenvalue weighted by atomic mass is 10.1. The number of hydrogen-bond donors (Lipinski definition) is 1. The maximum absolute atomic E-state index is 13.4. The highest BCUT2D eigenvalue weighted by atomic mass is 31.2. The van der Waals surface area contributed by atoms with Crippen LogP contribution in [0.5, 0.6) is 0 Å². The summed E-state index contributed by atoms with van der Waals surface area (Å²) in [5.41, 5.74) is 5.95. The highest BCUT2D eigenvalue weighted by Gasteiger charge is 2.27. The maximum Gasteiger partial charge on any atom is 0.508 e. The quantitative estimate of drug-likeness (QED) is 0.0232. The molecule has 0 amide bonds. The van der Waals surface area contributed by atoms with Crippen LogP contribution in [-0.4, -0.2) is 89.0 Å². The van der Waals surface area contributed by atoms with Crippen LogP contribution < -0.4 is 5.73 Å². The molecule has 0 bridgehead atoms. The lowest BCUT2D eigenvalue weighted by Crippen LogP contribution is -2.38. The molecule has 0 aromatic carbocycles. The van der Waals surface area contributed by atoms with Gasteiger partial charge in [0.2, 0.25) is 5.96 Å². The van der Waals surface area contributed by atoms with E-state index in [0.717, 1.165) is 77.0 Å². The van der Waals surface area contributed by atoms with E-state index in [-0.39, 0.29) is 58.8 Å². The number of nitrogens with two attached hydrogens (primary N) is 1. The summed E-state index contributed by atoms with van der Waals surface area (Å²) in [5, 5.41) is 0. The minimum atomic E-state index is -4.29. The van der Waals surface area contributed by atoms with Crippen molar-refractivity contribution in [2.45, 2.75) is 111 Å². The molecule has 0 aliphatic heterocycles. The number of guanidine groups is 1. The molecular formula is C30H58N3O11P. The fraction of sp³-hybridized carbons (Fsp3) is 0.867. The minimum absolute atomic E-state index is 0.239. The Morgan fingerprint density at radius 3 is 1.44 bits per heavy atom. The molecule has 0 aliphatic rings. The zero-order chi connectivity index (χ0) is 33.6. The molecule has 0 aliphatic carbocycles. The number of likely N-dealkylation sites (N-methyl/N-ethyl adjacent to an activating group) is 1. The van der Waals surface area contributed by atoms with E-state index in [9.17, 15) is 18.9 Å². The Kier molecular flexibility index (Phi) is 27.2. The largest absolute Gasteiger partial charge is 0.508 e. The van der Waals surface area contributed by atoms with Gasteiger partial charge in [0.25, 0.3) is 0 Å². The Balaban J connectivity index is 4.78. The molecule has 0 radical (unpaired) electrons. The highest BCUT2D eigenvalue weighted by molar-refractivity contribution is 7.52. The fourth-order valence-corrected chi connectivity index (χ4v) is 4.87. The monoisotopic (exact) mass is 667 g/mol. The predicted molar refractivity (Wildman–Crippen MR) is 171 cm³/mol. The number of rotatable bonds is 28. The maximum atomic E-state index is 13.4. The Hall–Kier alpha value is -2.57. The van der Waals surface area contributed by atoms with Crippen LogP contribution in [0.3, 0.4) is 0 Å². The first kappa shape index (κ1) is 42.4. The van der Waals surface area contributed by atoms with E-state index >= 15 is 0 Å². The van der Waals surface area contributed by atoms with Crippen LogP contribution in [0.1, 0.15) is 111 Å². The van der Waals surface area contributed by atoms with Crippen molar-refractivity contribution < 1.29 is 51.7 Å². The van der Waals surface area contributed by atoms with Crippen molar-refractivity contribution in [3.05, 3.63) is 0 Å². The van der Waals surface area contributed by atoms with Crippen LogP contribution in [0.4, 0.5) is 9.59 Å². The van der Waals surface area contributed by atoms with Gasteiger partial charge in [-0.25, -0.2) is 14.2 Å². The first-order chi connectivity index (χ1) is 21.7. The second-order valence-corrected chi connectivity index (χ2v) is 12.1. The molecule has 15 heteroatoms. The summed E-state index contributed by atoms with van der Waals surface area (Å²) < 4.78 is 52.9. The van der Waals surface area contributed by atoms with Gasteiger partial charge >= 0.3 is 26.0 Å². The average Bonchev–Trinajstić information content (AvgIpc) is 3.00. The third-order valence-electron chi connectivity index (χ3n) is 6.29. The van der Waals surface area contributed by atoms with Crippen molar-refractivity contribution in [2.75, 3.05) is 59.8 Å². The summed E-state index contributed by atoms with van der Waals surface area (Å²) in [6, 6.07) is 0. The highest BCUT2D eigenvalue weighted by Crippen LogP contribution is 2.49. The fourth-order valence-electron chi connectivity index (χ4n) is 3.66. The smallest absolute Gasteiger partial charge is 0.464 e. The number of esters is 1. The van der Waals surface area contributed by atoms with E-state index in [1.807, 2.05) is 6.92 Å². The number of nitrogens with zero attached hydrogens (tertiary/aromatic N) is 2. The number of unbranched alkanes of at least 4 members (excludes halogenated alkanes) is 11. The van der Waals surface area contributed by atoms with Gasteiger partial charge in [-0.3, -0.25) is 13.8 Å². The molecule has 0 aromatic heterocycles. The number of carbonyl (C=O) groups is 3. The van der Waals surface area contributed by atoms with Crippen LogP contribution >= 0.6 is 7.75 Å². The van der Waals surface area contributed by atoms with Crippen LogP contribution in [0, 0.1) is 0 Å². The zero-order valence-corrected chi connectivity index (χ0v) is 28.9. The molecule has 0 aromatic rings. The van der Waals surface area contributed by atoms with Crippen molar-refractivity contribution in [1.82, 2.24) is 4.90 Å². The van der Waals surface area contributed by atoms with E-state index < -0.39 is 26.0 Å². The molecule has 0 fully saturated rings. The van der Waals surface area contributed by atoms with Crippen LogP contribution in [0.2, 0.25) is 0 Å². The van der Waals surface area contributed by atoms with E-state index in [2.05, 4.69) is 18.6 Å². The van der Waals surface area contributed by atoms with Gasteiger partial charge in [-0.1, -0.05) is 91.4 Å². The molecule has 14 nitrogen and oxygen atoms in total. The summed E-state index contributed by atoms with van der Waals surface area (Å²) >= 11 is 0. The summed E-state index contributed by atoms with van der Waals surface area (Å²) in [7, 11) is -2.84. The molecule has 2 N–H and O–H groups in total. The molecule has 0 heterocycles. The molecular weight excluding hydrogens is 609 g/mol. The third-order valence-corrected chi connectivity index (χ3v) is 7.76. The molecule has 264 valence electrons. The lowest BCUT2D eigenvalue weighted by molar-refractivity contribution is -0.143. The molecule has 0 spiro atoms. The topological polar surface area (TPSA) is 175 Å². The normalized spacial score (nSPS) is 11.6. The molecule has 0 atom stereocenters. The summed E-state index contributed by atoms with van der Waals surface area (Å²) in [4.78, 5) is 36.9. The van der Waals surface area contributed by atoms with Gasteiger partial charge < -0.3 is 34.3 Å². The van der Waals surface area contributed by atoms with Crippen molar-refractivity contribution in [1.29, 1.82) is 0 Å². The van der Waals surface area contributed by atoms with Gasteiger partial charge in [-0.2, -0.15) is 0 Å². The molecule has 45 heavy (non-hydrogen) atoms. The van der Waals surface area contributed by atoms with Crippen LogP contribution in [-0.2, 0) is 42.1 Å². The molecule has 0 rings (SSSR count). The van der Waals surface area contributed by atoms with Gasteiger partial charge in [-0.05, 0) is 19.3 Å². The van der Waals surface area contributed by atoms with Crippen molar-refractivity contribution in [3.8, 4) is 0 Å². The average molecular weight is 668 g/mol.